The highest BCUT2D eigenvalue weighted by molar-refractivity contribution is 8.93. The van der Waals surface area contributed by atoms with Crippen molar-refractivity contribution in [1.29, 1.82) is 0 Å². The van der Waals surface area contributed by atoms with Crippen molar-refractivity contribution in [3.05, 3.63) is 18.2 Å². The lowest BCUT2D eigenvalue weighted by Gasteiger charge is -1.90. The lowest BCUT2D eigenvalue weighted by molar-refractivity contribution is 0.288. The highest BCUT2D eigenvalue weighted by Crippen LogP contribution is 1.94. The molecule has 0 fully saturated rings. The van der Waals surface area contributed by atoms with Crippen LogP contribution in [0.15, 0.2) is 12.5 Å². The number of halogens is 1. The van der Waals surface area contributed by atoms with Gasteiger partial charge in [-0.3, -0.25) is 0 Å². The molecule has 58 valence electrons. The van der Waals surface area contributed by atoms with Crippen molar-refractivity contribution >= 4 is 17.0 Å². The summed E-state index contributed by atoms with van der Waals surface area (Å²) in [7, 11) is 0. The molecule has 0 aliphatic carbocycles. The van der Waals surface area contributed by atoms with E-state index >= 15 is 0 Å². The van der Waals surface area contributed by atoms with Gasteiger partial charge in [-0.15, -0.1) is 17.0 Å². The van der Waals surface area contributed by atoms with Crippen LogP contribution in [0.5, 0.6) is 0 Å². The molecule has 0 aliphatic heterocycles. The van der Waals surface area contributed by atoms with E-state index in [1.54, 1.807) is 12.5 Å². The van der Waals surface area contributed by atoms with Gasteiger partial charge in [0.15, 0.2) is 0 Å². The largest absolute Gasteiger partial charge is 0.396 e. The van der Waals surface area contributed by atoms with Crippen molar-refractivity contribution in [3.63, 3.8) is 0 Å². The average Bonchev–Trinajstić information content (AvgIpc) is 2.34. The first-order chi connectivity index (χ1) is 4.43. The van der Waals surface area contributed by atoms with Gasteiger partial charge in [0, 0.05) is 18.5 Å². The van der Waals surface area contributed by atoms with Crippen molar-refractivity contribution in [1.82, 2.24) is 9.97 Å². The van der Waals surface area contributed by atoms with E-state index in [1.807, 2.05) is 0 Å². The number of hydrogen-bond donors (Lipinski definition) is 2. The Bertz CT molecular complexity index is 153. The predicted molar refractivity (Wildman–Crippen MR) is 44.3 cm³/mol. The molecule has 1 aromatic rings. The Morgan fingerprint density at radius 1 is 1.60 bits per heavy atom. The van der Waals surface area contributed by atoms with Gasteiger partial charge in [0.1, 0.15) is 0 Å². The Kier molecular flexibility index (Phi) is 5.25. The maximum Gasteiger partial charge on any atom is 0.0921 e. The third kappa shape index (κ3) is 2.98. The molecule has 0 unspecified atom stereocenters. The van der Waals surface area contributed by atoms with Gasteiger partial charge in [-0.2, -0.15) is 0 Å². The number of aliphatic hydroxyl groups is 1. The molecule has 1 heterocycles. The molecule has 0 saturated heterocycles. The fraction of sp³-hybridized carbons (Fsp3) is 0.500. The third-order valence-corrected chi connectivity index (χ3v) is 1.16. The molecule has 1 aromatic heterocycles. The van der Waals surface area contributed by atoms with Crippen molar-refractivity contribution in [2.24, 2.45) is 0 Å². The lowest BCUT2D eigenvalue weighted by Crippen LogP contribution is -1.88. The van der Waals surface area contributed by atoms with Gasteiger partial charge in [-0.05, 0) is 12.8 Å². The Morgan fingerprint density at radius 3 is 2.90 bits per heavy atom. The first kappa shape index (κ1) is 9.65. The Balaban J connectivity index is 0.000000810. The van der Waals surface area contributed by atoms with E-state index in [0.29, 0.717) is 0 Å². The zero-order valence-corrected chi connectivity index (χ0v) is 7.29. The standard InChI is InChI=1S/C6H10N2O.BrH/c9-3-1-2-6-4-7-5-8-6;/h4-5,9H,1-3H2,(H,7,8);1H. The molecule has 0 radical (unpaired) electrons. The van der Waals surface area contributed by atoms with Crippen LogP contribution >= 0.6 is 17.0 Å². The molecule has 2 N–H and O–H groups in total. The van der Waals surface area contributed by atoms with Gasteiger partial charge in [-0.25, -0.2) is 4.98 Å². The molecule has 4 heteroatoms. The summed E-state index contributed by atoms with van der Waals surface area (Å²) in [6, 6.07) is 0. The molecule has 0 aromatic carbocycles. The molecule has 0 spiro atoms. The summed E-state index contributed by atoms with van der Waals surface area (Å²) in [5, 5.41) is 8.43. The topological polar surface area (TPSA) is 48.9 Å². The SMILES string of the molecule is Br.OCCCc1cnc[nH]1. The number of hydrogen-bond acceptors (Lipinski definition) is 2. The molecule has 0 aliphatic rings. The quantitative estimate of drug-likeness (QED) is 0.773. The highest BCUT2D eigenvalue weighted by atomic mass is 79.9. The number of rotatable bonds is 3. The van der Waals surface area contributed by atoms with Gasteiger partial charge in [0.2, 0.25) is 0 Å². The van der Waals surface area contributed by atoms with E-state index in [-0.39, 0.29) is 23.6 Å². The predicted octanol–water partition coefficient (Wildman–Crippen LogP) is 0.912. The van der Waals surface area contributed by atoms with Crippen LogP contribution in [0.2, 0.25) is 0 Å². The van der Waals surface area contributed by atoms with E-state index < -0.39 is 0 Å². The molecular weight excluding hydrogens is 196 g/mol. The maximum atomic E-state index is 8.43. The van der Waals surface area contributed by atoms with Crippen LogP contribution in [0.4, 0.5) is 0 Å². The first-order valence-corrected chi connectivity index (χ1v) is 3.01. The van der Waals surface area contributed by atoms with E-state index in [1.165, 1.54) is 0 Å². The molecule has 0 amide bonds. The second-order valence-electron chi connectivity index (χ2n) is 1.90. The third-order valence-electron chi connectivity index (χ3n) is 1.16. The van der Waals surface area contributed by atoms with Gasteiger partial charge >= 0.3 is 0 Å². The van der Waals surface area contributed by atoms with E-state index in [9.17, 15) is 0 Å². The molecule has 0 bridgehead atoms. The summed E-state index contributed by atoms with van der Waals surface area (Å²) < 4.78 is 0. The minimum Gasteiger partial charge on any atom is -0.396 e. The minimum absolute atomic E-state index is 0. The molecule has 0 atom stereocenters. The second-order valence-corrected chi connectivity index (χ2v) is 1.90. The summed E-state index contributed by atoms with van der Waals surface area (Å²) >= 11 is 0. The number of aromatic nitrogens is 2. The highest BCUT2D eigenvalue weighted by Gasteiger charge is 1.90. The summed E-state index contributed by atoms with van der Waals surface area (Å²) in [5.74, 6) is 0. The summed E-state index contributed by atoms with van der Waals surface area (Å²) in [6.45, 7) is 0.249. The summed E-state index contributed by atoms with van der Waals surface area (Å²) in [6.07, 6.45) is 5.11. The van der Waals surface area contributed by atoms with E-state index in [0.717, 1.165) is 18.5 Å². The average molecular weight is 207 g/mol. The van der Waals surface area contributed by atoms with Gasteiger partial charge < -0.3 is 10.1 Å². The molecule has 3 nitrogen and oxygen atoms in total. The van der Waals surface area contributed by atoms with Crippen LogP contribution in [0.3, 0.4) is 0 Å². The lowest BCUT2D eigenvalue weighted by atomic mass is 10.3. The number of imidazole rings is 1. The maximum absolute atomic E-state index is 8.43. The molecule has 1 rings (SSSR count). The molecule has 10 heavy (non-hydrogen) atoms. The normalized spacial score (nSPS) is 8.90. The zero-order valence-electron chi connectivity index (χ0n) is 5.58. The number of aryl methyl sites for hydroxylation is 1. The van der Waals surface area contributed by atoms with Crippen molar-refractivity contribution < 1.29 is 5.11 Å². The van der Waals surface area contributed by atoms with Crippen LogP contribution in [0, 0.1) is 0 Å². The fourth-order valence-electron chi connectivity index (χ4n) is 0.691. The number of aromatic amines is 1. The number of aliphatic hydroxyl groups excluding tert-OH is 1. The molecular formula is C6H11BrN2O. The first-order valence-electron chi connectivity index (χ1n) is 3.01. The second kappa shape index (κ2) is 5.44. The summed E-state index contributed by atoms with van der Waals surface area (Å²) in [4.78, 5) is 6.79. The van der Waals surface area contributed by atoms with Crippen LogP contribution in [0.25, 0.3) is 0 Å². The van der Waals surface area contributed by atoms with Crippen molar-refractivity contribution in [2.75, 3.05) is 6.61 Å². The Labute approximate surface area is 70.3 Å². The number of nitrogens with zero attached hydrogens (tertiary/aromatic N) is 1. The minimum atomic E-state index is 0. The Morgan fingerprint density at radius 2 is 2.40 bits per heavy atom. The van der Waals surface area contributed by atoms with Gasteiger partial charge in [0.25, 0.3) is 0 Å². The van der Waals surface area contributed by atoms with Gasteiger partial charge in [0.05, 0.1) is 6.33 Å². The smallest absolute Gasteiger partial charge is 0.0921 e. The monoisotopic (exact) mass is 206 g/mol. The van der Waals surface area contributed by atoms with Crippen LogP contribution in [0.1, 0.15) is 12.1 Å². The number of H-pyrrole nitrogens is 1. The van der Waals surface area contributed by atoms with Crippen molar-refractivity contribution in [3.8, 4) is 0 Å². The van der Waals surface area contributed by atoms with Crippen LogP contribution < -0.4 is 0 Å². The van der Waals surface area contributed by atoms with Gasteiger partial charge in [-0.1, -0.05) is 0 Å². The van der Waals surface area contributed by atoms with Crippen LogP contribution in [-0.2, 0) is 6.42 Å². The number of nitrogens with one attached hydrogen (secondary N) is 1. The van der Waals surface area contributed by atoms with E-state index in [2.05, 4.69) is 9.97 Å². The summed E-state index contributed by atoms with van der Waals surface area (Å²) in [5.41, 5.74) is 1.09. The van der Waals surface area contributed by atoms with Crippen LogP contribution in [-0.4, -0.2) is 21.7 Å². The van der Waals surface area contributed by atoms with E-state index in [4.69, 9.17) is 5.11 Å². The zero-order chi connectivity index (χ0) is 6.53. The van der Waals surface area contributed by atoms with Crippen molar-refractivity contribution in [2.45, 2.75) is 12.8 Å². The Hall–Kier alpha value is -0.350. The fourth-order valence-corrected chi connectivity index (χ4v) is 0.691. The molecule has 0 saturated carbocycles.